The van der Waals surface area contributed by atoms with Crippen LogP contribution in [0, 0.1) is 0 Å². The third-order valence-electron chi connectivity index (χ3n) is 5.19. The van der Waals surface area contributed by atoms with Crippen LogP contribution in [0.5, 0.6) is 0 Å². The highest BCUT2D eigenvalue weighted by molar-refractivity contribution is 7.40. The summed E-state index contributed by atoms with van der Waals surface area (Å²) in [6.07, 6.45) is -2.62. The number of hydrogen-bond acceptors (Lipinski definition) is 10. The first kappa shape index (κ1) is 23.3. The minimum absolute atomic E-state index is 0.0612. The van der Waals surface area contributed by atoms with Crippen LogP contribution in [0.2, 0.25) is 0 Å². The predicted octanol–water partition coefficient (Wildman–Crippen LogP) is 2.70. The van der Waals surface area contributed by atoms with Crippen molar-refractivity contribution in [1.29, 1.82) is 0 Å². The SMILES string of the molecule is CCC(C)[P+](=O)OC(C)(C)C[C@H]1OC(n2c(N=[N+]=[N-])nc3c(N)ncnc32)[C@H](O)[C@@H]1O. The fourth-order valence-electron chi connectivity index (χ4n) is 3.38. The van der Waals surface area contributed by atoms with Crippen molar-refractivity contribution in [3.05, 3.63) is 16.8 Å². The summed E-state index contributed by atoms with van der Waals surface area (Å²) in [5.74, 6) is -0.0805. The van der Waals surface area contributed by atoms with Crippen molar-refractivity contribution in [2.75, 3.05) is 5.73 Å². The molecule has 31 heavy (non-hydrogen) atoms. The van der Waals surface area contributed by atoms with E-state index in [4.69, 9.17) is 20.5 Å². The van der Waals surface area contributed by atoms with E-state index in [1.165, 1.54) is 10.9 Å². The molecule has 1 fully saturated rings. The molecule has 3 rings (SSSR count). The van der Waals surface area contributed by atoms with Gasteiger partial charge in [0, 0.05) is 11.3 Å². The number of azide groups is 1. The summed E-state index contributed by atoms with van der Waals surface area (Å²) in [7, 11) is -1.91. The number of ether oxygens (including phenoxy) is 1. The second-order valence-electron chi connectivity index (χ2n) is 8.05. The van der Waals surface area contributed by atoms with Crippen LogP contribution in [0.4, 0.5) is 11.8 Å². The number of aliphatic hydroxyl groups excluding tert-OH is 2. The molecule has 1 aliphatic heterocycles. The average molecular weight is 453 g/mol. The Morgan fingerprint density at radius 1 is 1.45 bits per heavy atom. The molecule has 3 heterocycles. The molecule has 4 N–H and O–H groups in total. The maximum atomic E-state index is 12.3. The van der Waals surface area contributed by atoms with Gasteiger partial charge >= 0.3 is 8.03 Å². The molecule has 2 aromatic rings. The summed E-state index contributed by atoms with van der Waals surface area (Å²) in [4.78, 5) is 14.8. The van der Waals surface area contributed by atoms with Gasteiger partial charge in [0.15, 0.2) is 28.9 Å². The lowest BCUT2D eigenvalue weighted by atomic mass is 9.97. The van der Waals surface area contributed by atoms with Crippen LogP contribution in [0.3, 0.4) is 0 Å². The smallest absolute Gasteiger partial charge is 0.388 e. The highest BCUT2D eigenvalue weighted by atomic mass is 31.1. The third kappa shape index (κ3) is 4.62. The van der Waals surface area contributed by atoms with Crippen molar-refractivity contribution in [2.24, 2.45) is 5.11 Å². The monoisotopic (exact) mass is 453 g/mol. The van der Waals surface area contributed by atoms with Crippen molar-refractivity contribution < 1.29 is 24.0 Å². The first-order chi connectivity index (χ1) is 14.6. The molecule has 0 saturated carbocycles. The molecule has 0 amide bonds. The number of aromatic nitrogens is 4. The molecule has 14 heteroatoms. The van der Waals surface area contributed by atoms with Crippen LogP contribution < -0.4 is 5.73 Å². The van der Waals surface area contributed by atoms with Gasteiger partial charge in [0.05, 0.1) is 6.10 Å². The van der Waals surface area contributed by atoms with Crippen molar-refractivity contribution in [1.82, 2.24) is 19.5 Å². The molecule has 2 aromatic heterocycles. The van der Waals surface area contributed by atoms with E-state index < -0.39 is 38.2 Å². The summed E-state index contributed by atoms with van der Waals surface area (Å²) in [6, 6.07) is 0. The summed E-state index contributed by atoms with van der Waals surface area (Å²) in [5, 5.41) is 24.9. The molecule has 0 spiro atoms. The number of hydrogen-bond donors (Lipinski definition) is 3. The molecular weight excluding hydrogens is 427 g/mol. The highest BCUT2D eigenvalue weighted by Crippen LogP contribution is 2.42. The molecule has 13 nitrogen and oxygen atoms in total. The maximum Gasteiger partial charge on any atom is 0.511 e. The lowest BCUT2D eigenvalue weighted by molar-refractivity contribution is -0.0571. The second-order valence-corrected chi connectivity index (χ2v) is 9.68. The number of fused-ring (bicyclic) bond motifs is 1. The van der Waals surface area contributed by atoms with Gasteiger partial charge in [-0.1, -0.05) is 6.92 Å². The number of imidazole rings is 1. The van der Waals surface area contributed by atoms with Gasteiger partial charge in [0.25, 0.3) is 0 Å². The summed E-state index contributed by atoms with van der Waals surface area (Å²) in [5.41, 5.74) is 14.1. The normalized spacial score (nSPS) is 25.4. The number of rotatable bonds is 8. The van der Waals surface area contributed by atoms with E-state index in [0.717, 1.165) is 0 Å². The number of anilines is 1. The molecule has 168 valence electrons. The summed E-state index contributed by atoms with van der Waals surface area (Å²) < 4.78 is 25.3. The van der Waals surface area contributed by atoms with Crippen molar-refractivity contribution >= 4 is 31.0 Å². The maximum absolute atomic E-state index is 12.3. The lowest BCUT2D eigenvalue weighted by Crippen LogP contribution is -2.36. The minimum atomic E-state index is -1.91. The first-order valence-corrected chi connectivity index (χ1v) is 11.0. The van der Waals surface area contributed by atoms with Crippen LogP contribution in [-0.2, 0) is 13.8 Å². The highest BCUT2D eigenvalue weighted by Gasteiger charge is 2.48. The number of nitrogens with two attached hydrogens (primary N) is 1. The molecule has 1 saturated heterocycles. The van der Waals surface area contributed by atoms with Crippen molar-refractivity contribution in [3.63, 3.8) is 0 Å². The van der Waals surface area contributed by atoms with Gasteiger partial charge in [-0.3, -0.25) is 4.57 Å². The van der Waals surface area contributed by atoms with Gasteiger partial charge in [0.1, 0.15) is 24.1 Å². The zero-order valence-electron chi connectivity index (χ0n) is 17.7. The van der Waals surface area contributed by atoms with E-state index in [0.29, 0.717) is 6.42 Å². The molecular formula is C17H26N8O5P+. The quantitative estimate of drug-likeness (QED) is 0.233. The van der Waals surface area contributed by atoms with Crippen LogP contribution in [-0.4, -0.2) is 59.3 Å². The van der Waals surface area contributed by atoms with Crippen LogP contribution in [0.25, 0.3) is 21.6 Å². The predicted molar refractivity (Wildman–Crippen MR) is 112 cm³/mol. The van der Waals surface area contributed by atoms with E-state index in [1.807, 2.05) is 13.8 Å². The Kier molecular flexibility index (Phi) is 6.75. The first-order valence-electron chi connectivity index (χ1n) is 9.80. The third-order valence-corrected chi connectivity index (χ3v) is 6.95. The Balaban J connectivity index is 1.89. The zero-order chi connectivity index (χ0) is 22.9. The Morgan fingerprint density at radius 2 is 2.16 bits per heavy atom. The van der Waals surface area contributed by atoms with E-state index in [1.54, 1.807) is 13.8 Å². The van der Waals surface area contributed by atoms with Gasteiger partial charge in [-0.2, -0.15) is 0 Å². The van der Waals surface area contributed by atoms with E-state index in [9.17, 15) is 14.8 Å². The van der Waals surface area contributed by atoms with E-state index >= 15 is 0 Å². The zero-order valence-corrected chi connectivity index (χ0v) is 18.5. The molecule has 1 aliphatic rings. The molecule has 3 unspecified atom stereocenters. The lowest BCUT2D eigenvalue weighted by Gasteiger charge is -2.24. The summed E-state index contributed by atoms with van der Waals surface area (Å²) in [6.45, 7) is 7.24. The van der Waals surface area contributed by atoms with Gasteiger partial charge in [0.2, 0.25) is 5.95 Å². The van der Waals surface area contributed by atoms with Crippen molar-refractivity contribution in [2.45, 2.75) is 76.3 Å². The molecule has 0 aromatic carbocycles. The van der Waals surface area contributed by atoms with Crippen LogP contribution in [0.15, 0.2) is 11.4 Å². The van der Waals surface area contributed by atoms with E-state index in [2.05, 4.69) is 25.0 Å². The number of nitrogen functional groups attached to an aromatic ring is 1. The fourth-order valence-corrected chi connectivity index (χ4v) is 4.41. The Morgan fingerprint density at radius 3 is 2.81 bits per heavy atom. The Labute approximate surface area is 179 Å². The van der Waals surface area contributed by atoms with Gasteiger partial charge in [-0.15, -0.1) is 4.52 Å². The topological polar surface area (TPSA) is 194 Å². The minimum Gasteiger partial charge on any atom is -0.388 e. The standard InChI is InChI=1S/C17H26N8O5P/c1-5-8(2)31(28)30-17(3,4)6-9-11(26)12(27)15(29-9)25-14-10(13(18)20-7-21-14)22-16(25)23-24-19/h7-9,11-12,15,26-27H,5-6H2,1-4H3,(H2,18,20,21)/q+1/t8?,9-,11-,12-,15?/m1/s1. The molecule has 0 aliphatic carbocycles. The molecule has 0 bridgehead atoms. The number of aliphatic hydroxyl groups is 2. The fraction of sp³-hybridized carbons (Fsp3) is 0.706. The Bertz CT molecular complexity index is 1020. The second kappa shape index (κ2) is 8.99. The van der Waals surface area contributed by atoms with Crippen LogP contribution >= 0.6 is 8.03 Å². The van der Waals surface area contributed by atoms with Gasteiger partial charge < -0.3 is 20.7 Å². The number of nitrogens with zero attached hydrogens (tertiary/aromatic N) is 7. The molecule has 0 radical (unpaired) electrons. The largest absolute Gasteiger partial charge is 0.511 e. The van der Waals surface area contributed by atoms with E-state index in [-0.39, 0.29) is 35.0 Å². The molecule has 6 atom stereocenters. The van der Waals surface area contributed by atoms with Gasteiger partial charge in [-0.25, -0.2) is 15.0 Å². The van der Waals surface area contributed by atoms with Crippen LogP contribution in [0.1, 0.15) is 46.8 Å². The van der Waals surface area contributed by atoms with Crippen molar-refractivity contribution in [3.8, 4) is 0 Å². The summed E-state index contributed by atoms with van der Waals surface area (Å²) >= 11 is 0. The van der Waals surface area contributed by atoms with Gasteiger partial charge in [-0.05, 0) is 42.4 Å². The Hall–Kier alpha value is -2.40. The average Bonchev–Trinajstić information content (AvgIpc) is 3.20.